The molecule has 20 heavy (non-hydrogen) atoms. The molecular weight excluding hydrogens is 260 g/mol. The summed E-state index contributed by atoms with van der Waals surface area (Å²) in [6, 6.07) is 0.0286. The molecule has 1 saturated carbocycles. The SMILES string of the molecule is O=C(O)CCOC1CCN(C(=O)NCC2CCC2)CC1. The Hall–Kier alpha value is -1.30. The van der Waals surface area contributed by atoms with Gasteiger partial charge in [-0.2, -0.15) is 0 Å². The molecule has 0 atom stereocenters. The third-order valence-corrected chi connectivity index (χ3v) is 4.17. The van der Waals surface area contributed by atoms with Gasteiger partial charge in [-0.15, -0.1) is 0 Å². The Morgan fingerprint density at radius 3 is 2.45 bits per heavy atom. The van der Waals surface area contributed by atoms with Crippen molar-refractivity contribution in [2.24, 2.45) is 5.92 Å². The van der Waals surface area contributed by atoms with Gasteiger partial charge in [0.05, 0.1) is 19.1 Å². The van der Waals surface area contributed by atoms with E-state index in [0.717, 1.165) is 19.4 Å². The van der Waals surface area contributed by atoms with Gasteiger partial charge in [0, 0.05) is 19.6 Å². The van der Waals surface area contributed by atoms with E-state index in [2.05, 4.69) is 5.32 Å². The number of amides is 2. The summed E-state index contributed by atoms with van der Waals surface area (Å²) in [5.41, 5.74) is 0. The van der Waals surface area contributed by atoms with Crippen LogP contribution in [0.2, 0.25) is 0 Å². The standard InChI is InChI=1S/C14H24N2O4/c17-13(18)6-9-20-12-4-7-16(8-5-12)14(19)15-10-11-2-1-3-11/h11-12H,1-10H2,(H,15,19)(H,17,18). The van der Waals surface area contributed by atoms with Crippen LogP contribution in [0.15, 0.2) is 0 Å². The monoisotopic (exact) mass is 284 g/mol. The zero-order valence-corrected chi connectivity index (χ0v) is 11.8. The number of ether oxygens (including phenoxy) is 1. The van der Waals surface area contributed by atoms with Gasteiger partial charge in [-0.25, -0.2) is 4.79 Å². The molecular formula is C14H24N2O4. The van der Waals surface area contributed by atoms with Crippen LogP contribution in [0.5, 0.6) is 0 Å². The van der Waals surface area contributed by atoms with Gasteiger partial charge in [-0.05, 0) is 31.6 Å². The summed E-state index contributed by atoms with van der Waals surface area (Å²) in [6.45, 7) is 2.43. The Labute approximate surface area is 119 Å². The zero-order chi connectivity index (χ0) is 14.4. The predicted molar refractivity (Wildman–Crippen MR) is 73.5 cm³/mol. The fourth-order valence-corrected chi connectivity index (χ4v) is 2.58. The molecule has 0 aromatic heterocycles. The summed E-state index contributed by atoms with van der Waals surface area (Å²) in [7, 11) is 0. The minimum Gasteiger partial charge on any atom is -0.481 e. The van der Waals surface area contributed by atoms with Crippen LogP contribution in [0.25, 0.3) is 0 Å². The number of aliphatic carboxylic acids is 1. The van der Waals surface area contributed by atoms with Gasteiger partial charge < -0.3 is 20.1 Å². The minimum atomic E-state index is -0.835. The fourth-order valence-electron chi connectivity index (χ4n) is 2.58. The average Bonchev–Trinajstić information content (AvgIpc) is 2.37. The Morgan fingerprint density at radius 1 is 1.20 bits per heavy atom. The Kier molecular flexibility index (Phi) is 5.64. The number of urea groups is 1. The van der Waals surface area contributed by atoms with Crippen molar-refractivity contribution < 1.29 is 19.4 Å². The van der Waals surface area contributed by atoms with E-state index in [1.807, 2.05) is 4.90 Å². The first-order chi connectivity index (χ1) is 9.65. The molecule has 1 aliphatic heterocycles. The number of carboxylic acids is 1. The van der Waals surface area contributed by atoms with E-state index in [4.69, 9.17) is 9.84 Å². The lowest BCUT2D eigenvalue weighted by molar-refractivity contribution is -0.138. The van der Waals surface area contributed by atoms with Gasteiger partial charge in [-0.3, -0.25) is 4.79 Å². The lowest BCUT2D eigenvalue weighted by atomic mass is 9.85. The number of piperidine rings is 1. The van der Waals surface area contributed by atoms with Crippen LogP contribution in [0.1, 0.15) is 38.5 Å². The van der Waals surface area contributed by atoms with Crippen molar-refractivity contribution in [2.45, 2.75) is 44.6 Å². The van der Waals surface area contributed by atoms with E-state index in [9.17, 15) is 9.59 Å². The van der Waals surface area contributed by atoms with E-state index in [0.29, 0.717) is 19.0 Å². The molecule has 1 aliphatic carbocycles. The van der Waals surface area contributed by atoms with Crippen molar-refractivity contribution in [1.82, 2.24) is 10.2 Å². The average molecular weight is 284 g/mol. The number of hydrogen-bond acceptors (Lipinski definition) is 3. The molecule has 6 nitrogen and oxygen atoms in total. The molecule has 0 spiro atoms. The van der Waals surface area contributed by atoms with Crippen molar-refractivity contribution in [1.29, 1.82) is 0 Å². The lowest BCUT2D eigenvalue weighted by Gasteiger charge is -2.33. The normalized spacial score (nSPS) is 20.5. The Morgan fingerprint density at radius 2 is 1.90 bits per heavy atom. The van der Waals surface area contributed by atoms with E-state index < -0.39 is 5.97 Å². The van der Waals surface area contributed by atoms with Gasteiger partial charge in [0.2, 0.25) is 0 Å². The van der Waals surface area contributed by atoms with Gasteiger partial charge in [0.1, 0.15) is 0 Å². The molecule has 114 valence electrons. The lowest BCUT2D eigenvalue weighted by Crippen LogP contribution is -2.47. The molecule has 6 heteroatoms. The maximum atomic E-state index is 11.9. The molecule has 2 amide bonds. The summed E-state index contributed by atoms with van der Waals surface area (Å²) in [5, 5.41) is 11.5. The van der Waals surface area contributed by atoms with Crippen LogP contribution < -0.4 is 5.32 Å². The van der Waals surface area contributed by atoms with Crippen LogP contribution in [0.3, 0.4) is 0 Å². The molecule has 0 aromatic rings. The second-order valence-corrected chi connectivity index (χ2v) is 5.68. The summed E-state index contributed by atoms with van der Waals surface area (Å²) >= 11 is 0. The zero-order valence-electron chi connectivity index (χ0n) is 11.8. The molecule has 0 bridgehead atoms. The largest absolute Gasteiger partial charge is 0.481 e. The molecule has 2 fully saturated rings. The maximum absolute atomic E-state index is 11.9. The summed E-state index contributed by atoms with van der Waals surface area (Å²) in [6.07, 6.45) is 5.47. The van der Waals surface area contributed by atoms with Crippen LogP contribution in [0.4, 0.5) is 4.79 Å². The first-order valence-corrected chi connectivity index (χ1v) is 7.51. The highest BCUT2D eigenvalue weighted by Gasteiger charge is 2.24. The van der Waals surface area contributed by atoms with Crippen molar-refractivity contribution in [3.05, 3.63) is 0 Å². The summed E-state index contributed by atoms with van der Waals surface area (Å²) in [5.74, 6) is -0.159. The van der Waals surface area contributed by atoms with Crippen LogP contribution in [-0.4, -0.2) is 54.4 Å². The van der Waals surface area contributed by atoms with E-state index in [1.165, 1.54) is 19.3 Å². The number of carbonyl (C=O) groups excluding carboxylic acids is 1. The summed E-state index contributed by atoms with van der Waals surface area (Å²) < 4.78 is 5.51. The number of likely N-dealkylation sites (tertiary alicyclic amines) is 1. The third-order valence-electron chi connectivity index (χ3n) is 4.17. The van der Waals surface area contributed by atoms with Crippen molar-refractivity contribution >= 4 is 12.0 Å². The molecule has 0 radical (unpaired) electrons. The number of carboxylic acid groups (broad SMARTS) is 1. The number of carbonyl (C=O) groups is 2. The second kappa shape index (κ2) is 7.47. The Bertz CT molecular complexity index is 336. The fraction of sp³-hybridized carbons (Fsp3) is 0.857. The molecule has 0 unspecified atom stereocenters. The van der Waals surface area contributed by atoms with E-state index in [1.54, 1.807) is 0 Å². The molecule has 1 saturated heterocycles. The number of rotatable bonds is 6. The minimum absolute atomic E-state index is 0.0286. The van der Waals surface area contributed by atoms with Crippen LogP contribution in [0, 0.1) is 5.92 Å². The van der Waals surface area contributed by atoms with E-state index in [-0.39, 0.29) is 25.2 Å². The van der Waals surface area contributed by atoms with Crippen LogP contribution >= 0.6 is 0 Å². The smallest absolute Gasteiger partial charge is 0.317 e. The van der Waals surface area contributed by atoms with Crippen LogP contribution in [-0.2, 0) is 9.53 Å². The first-order valence-electron chi connectivity index (χ1n) is 7.51. The van der Waals surface area contributed by atoms with Crippen molar-refractivity contribution in [2.75, 3.05) is 26.2 Å². The molecule has 2 aliphatic rings. The van der Waals surface area contributed by atoms with Crippen molar-refractivity contribution in [3.63, 3.8) is 0 Å². The topological polar surface area (TPSA) is 78.9 Å². The molecule has 1 heterocycles. The highest BCUT2D eigenvalue weighted by Crippen LogP contribution is 2.25. The molecule has 0 aromatic carbocycles. The highest BCUT2D eigenvalue weighted by atomic mass is 16.5. The summed E-state index contributed by atoms with van der Waals surface area (Å²) in [4.78, 5) is 24.2. The van der Waals surface area contributed by atoms with Gasteiger partial charge >= 0.3 is 12.0 Å². The van der Waals surface area contributed by atoms with E-state index >= 15 is 0 Å². The van der Waals surface area contributed by atoms with Gasteiger partial charge in [0.15, 0.2) is 0 Å². The highest BCUT2D eigenvalue weighted by molar-refractivity contribution is 5.74. The maximum Gasteiger partial charge on any atom is 0.317 e. The van der Waals surface area contributed by atoms with Crippen molar-refractivity contribution in [3.8, 4) is 0 Å². The molecule has 2 rings (SSSR count). The Balaban J connectivity index is 1.57. The quantitative estimate of drug-likeness (QED) is 0.774. The van der Waals surface area contributed by atoms with Gasteiger partial charge in [0.25, 0.3) is 0 Å². The number of nitrogens with zero attached hydrogens (tertiary/aromatic N) is 1. The van der Waals surface area contributed by atoms with Gasteiger partial charge in [-0.1, -0.05) is 6.42 Å². The third kappa shape index (κ3) is 4.67. The number of hydrogen-bond donors (Lipinski definition) is 2. The first kappa shape index (κ1) is 15.1. The number of nitrogens with one attached hydrogen (secondary N) is 1. The molecule has 2 N–H and O–H groups in total. The predicted octanol–water partition coefficient (Wildman–Crippen LogP) is 1.45. The second-order valence-electron chi connectivity index (χ2n) is 5.68.